The van der Waals surface area contributed by atoms with Gasteiger partial charge in [-0.1, -0.05) is 6.08 Å². The minimum atomic E-state index is -3.32. The number of fused-ring (bicyclic) bond motifs is 1. The number of ether oxygens (including phenoxy) is 6. The molecule has 364 valence electrons. The zero-order valence-corrected chi connectivity index (χ0v) is 36.7. The summed E-state index contributed by atoms with van der Waals surface area (Å²) < 4.78 is 43.4. The molecule has 22 nitrogen and oxygen atoms in total. The van der Waals surface area contributed by atoms with E-state index in [0.29, 0.717) is 0 Å². The number of carboxylic acid groups (broad SMARTS) is 7. The maximum absolute atomic E-state index is 15.6. The molecule has 22 heteroatoms. The third-order valence-electron chi connectivity index (χ3n) is 21.4. The Balaban J connectivity index is 1.08. The lowest BCUT2D eigenvalue weighted by Gasteiger charge is -2.69. The molecule has 0 radical (unpaired) electrons. The quantitative estimate of drug-likeness (QED) is 0.109. The van der Waals surface area contributed by atoms with Crippen molar-refractivity contribution < 1.29 is 108 Å². The first-order chi connectivity index (χ1) is 35.5. The maximum atomic E-state index is 15.6. The average Bonchev–Trinajstić information content (AvgIpc) is 1.45. The molecule has 8 fully saturated rings. The number of epoxide rings is 6. The summed E-state index contributed by atoms with van der Waals surface area (Å²) in [5, 5.41) is 110. The highest BCUT2D eigenvalue weighted by Crippen LogP contribution is 3.03. The fraction of sp³-hybridized carbons (Fsp3) is 0.264. The number of rotatable bonds is 7. The Morgan fingerprint density at radius 3 is 1.87 bits per heavy atom. The zero-order valence-electron chi connectivity index (χ0n) is 36.7. The van der Waals surface area contributed by atoms with Crippen molar-refractivity contribution in [3.8, 4) is 0 Å². The lowest BCUT2D eigenvalue weighted by atomic mass is 9.29. The molecule has 14 atom stereocenters. The maximum Gasteiger partial charge on any atom is 0.336 e. The van der Waals surface area contributed by atoms with Crippen LogP contribution in [0.15, 0.2) is 184 Å². The van der Waals surface area contributed by atoms with Gasteiger partial charge in [0.15, 0.2) is 78.4 Å². The van der Waals surface area contributed by atoms with Crippen molar-refractivity contribution in [2.45, 2.75) is 78.4 Å². The molecule has 6 aliphatic heterocycles. The van der Waals surface area contributed by atoms with Gasteiger partial charge in [-0.3, -0.25) is 0 Å². The number of carbonyl (C=O) groups is 7. The molecule has 0 amide bonds. The highest BCUT2D eigenvalue weighted by molar-refractivity contribution is 6.14. The summed E-state index contributed by atoms with van der Waals surface area (Å²) >= 11 is 0. The van der Waals surface area contributed by atoms with Crippen LogP contribution >= 0.6 is 0 Å². The van der Waals surface area contributed by atoms with E-state index in [0.717, 1.165) is 30.4 Å². The van der Waals surface area contributed by atoms with Crippen LogP contribution in [0.3, 0.4) is 0 Å². The van der Waals surface area contributed by atoms with Crippen molar-refractivity contribution in [1.82, 2.24) is 0 Å². The smallest absolute Gasteiger partial charge is 0.336 e. The van der Waals surface area contributed by atoms with E-state index in [-0.39, 0.29) is 66.9 Å². The van der Waals surface area contributed by atoms with E-state index in [2.05, 4.69) is 0 Å². The Hall–Kier alpha value is -8.19. The third kappa shape index (κ3) is 2.39. The molecule has 0 aromatic heterocycles. The Labute approximate surface area is 411 Å². The summed E-state index contributed by atoms with van der Waals surface area (Å²) in [4.78, 5) is 97.3. The minimum absolute atomic E-state index is 0.00332. The predicted octanol–water partition coefficient (Wildman–Crippen LogP) is -1.03. The van der Waals surface area contributed by atoms with Gasteiger partial charge in [0.25, 0.3) is 0 Å². The number of carboxylic acids is 7. The Bertz CT molecular complexity index is 4390. The number of aliphatic carboxylic acids is 7. The van der Waals surface area contributed by atoms with E-state index in [9.17, 15) is 69.3 Å². The van der Waals surface area contributed by atoms with Crippen LogP contribution in [-0.4, -0.2) is 166 Å². The van der Waals surface area contributed by atoms with E-state index in [1.54, 1.807) is 0 Å². The van der Waals surface area contributed by atoms with Crippen molar-refractivity contribution in [2.75, 3.05) is 0 Å². The molecular formula is C53H20O22. The molecule has 0 aromatic rings. The fourth-order valence-corrected chi connectivity index (χ4v) is 20.0. The first kappa shape index (κ1) is 38.4. The van der Waals surface area contributed by atoms with Crippen molar-refractivity contribution in [2.24, 2.45) is 0 Å². The molecule has 21 aliphatic rings. The fourth-order valence-electron chi connectivity index (χ4n) is 20.0. The van der Waals surface area contributed by atoms with Gasteiger partial charge in [0.1, 0.15) is 0 Å². The Morgan fingerprint density at radius 2 is 1.17 bits per heavy atom. The van der Waals surface area contributed by atoms with Crippen LogP contribution in [0.4, 0.5) is 0 Å². The van der Waals surface area contributed by atoms with E-state index < -0.39 is 170 Å². The van der Waals surface area contributed by atoms with Gasteiger partial charge in [0.2, 0.25) is 0 Å². The lowest BCUT2D eigenvalue weighted by Crippen LogP contribution is -2.88. The van der Waals surface area contributed by atoms with Crippen molar-refractivity contribution in [3.63, 3.8) is 0 Å². The number of hydrogen-bond acceptors (Lipinski definition) is 15. The zero-order chi connectivity index (χ0) is 51.2. The van der Waals surface area contributed by atoms with E-state index in [1.807, 2.05) is 0 Å². The molecule has 6 saturated heterocycles. The average molecular weight is 1010 g/mol. The van der Waals surface area contributed by atoms with Crippen LogP contribution in [0.1, 0.15) is 0 Å². The third-order valence-corrected chi connectivity index (χ3v) is 21.4. The molecule has 10 spiro atoms. The SMILES string of the molecule is O=C(O)C1=CC23OC24C(=C1)C(C(=O)O)=C1C2=CC=C(C(=O)O)C5=CC6=CC7=C(C(=O)O)C=CC89OC78C7=C6C6(OC526)C2(O)C5=C6C8%10OC8%11C(=CC(C(=O)O)=C9C%118OC758)C(C(=O)O)=CC%10=CC(=C3C(=O)O)C63OC34C12O. The van der Waals surface area contributed by atoms with Crippen LogP contribution in [0.2, 0.25) is 0 Å². The summed E-state index contributed by atoms with van der Waals surface area (Å²) in [6.07, 6.45) is 13.3. The van der Waals surface area contributed by atoms with Gasteiger partial charge >= 0.3 is 41.8 Å². The van der Waals surface area contributed by atoms with Gasteiger partial charge in [0, 0.05) is 61.3 Å². The molecular weight excluding hydrogens is 989 g/mol. The van der Waals surface area contributed by atoms with E-state index in [1.165, 1.54) is 36.5 Å². The molecule has 15 aliphatic carbocycles. The highest BCUT2D eigenvalue weighted by atomic mass is 16.8. The lowest BCUT2D eigenvalue weighted by molar-refractivity contribution is -0.198. The van der Waals surface area contributed by atoms with Crippen molar-refractivity contribution in [3.05, 3.63) is 184 Å². The van der Waals surface area contributed by atoms with Crippen molar-refractivity contribution in [1.29, 1.82) is 0 Å². The first-order valence-electron chi connectivity index (χ1n) is 23.5. The number of hydrogen-bond donors (Lipinski definition) is 9. The van der Waals surface area contributed by atoms with Crippen LogP contribution < -0.4 is 0 Å². The molecule has 0 bridgehead atoms. The molecule has 2 saturated carbocycles. The van der Waals surface area contributed by atoms with E-state index >= 15 is 10.2 Å². The highest BCUT2D eigenvalue weighted by Gasteiger charge is 3.19. The minimum Gasteiger partial charge on any atom is -0.478 e. The van der Waals surface area contributed by atoms with Gasteiger partial charge in [-0.05, 0) is 77.5 Å². The number of allylic oxidation sites excluding steroid dienone is 3. The normalized spacial score (nSPS) is 52.3. The van der Waals surface area contributed by atoms with Crippen LogP contribution in [0, 0.1) is 0 Å². The van der Waals surface area contributed by atoms with Gasteiger partial charge in [-0.2, -0.15) is 0 Å². The second-order valence-electron chi connectivity index (χ2n) is 22.6. The topological polar surface area (TPSA) is 377 Å². The van der Waals surface area contributed by atoms with Gasteiger partial charge in [-0.15, -0.1) is 0 Å². The van der Waals surface area contributed by atoms with E-state index in [4.69, 9.17) is 28.4 Å². The van der Waals surface area contributed by atoms with Crippen LogP contribution in [0.5, 0.6) is 0 Å². The molecule has 9 N–H and O–H groups in total. The summed E-state index contributed by atoms with van der Waals surface area (Å²) in [7, 11) is 0. The van der Waals surface area contributed by atoms with Crippen LogP contribution in [-0.2, 0) is 62.0 Å². The number of aliphatic hydroxyl groups is 2. The summed E-state index contributed by atoms with van der Waals surface area (Å²) in [5.41, 5.74) is -42.2. The Morgan fingerprint density at radius 1 is 0.440 bits per heavy atom. The summed E-state index contributed by atoms with van der Waals surface area (Å²) in [5.74, 6) is -11.4. The largest absolute Gasteiger partial charge is 0.478 e. The first-order valence-corrected chi connectivity index (χ1v) is 23.5. The van der Waals surface area contributed by atoms with Crippen LogP contribution in [0.25, 0.3) is 0 Å². The standard InChI is InChI=1S/C53H20O22/c54-33(55)13-7-23-25(38(64)65)27-19-2-1-15(34(56)57)20-5-12-6-21-16(35(58)59)3-4-40-29-18(37(62)63)10-22-17(36(60)61)8-14-9-24-28(39(66)67)41(11-13)49(23,71-41)53-45(24,75-53)31-32-46(52(29,74-46)50(22)42(14,31)72-50)30(44(21,40)70-40)26(12)51(43(19,20)73-51)48(32,69)47(27,53)68/h1-11,68-69H,(H,54,55)(H,56,57)(H,58,59)(H,60,61)(H,62,63)(H,64,65)(H,66,67). The summed E-state index contributed by atoms with van der Waals surface area (Å²) in [6, 6.07) is 0. The van der Waals surface area contributed by atoms with Crippen molar-refractivity contribution >= 4 is 41.8 Å². The monoisotopic (exact) mass is 1010 g/mol. The van der Waals surface area contributed by atoms with Gasteiger partial charge in [-0.25, -0.2) is 33.6 Å². The molecule has 6 heterocycles. The second-order valence-corrected chi connectivity index (χ2v) is 22.6. The second kappa shape index (κ2) is 8.84. The van der Waals surface area contributed by atoms with Gasteiger partial charge < -0.3 is 74.4 Å². The summed E-state index contributed by atoms with van der Waals surface area (Å²) in [6.45, 7) is 0. The molecule has 21 rings (SSSR count). The molecule has 0 aromatic carbocycles. The predicted molar refractivity (Wildman–Crippen MR) is 227 cm³/mol. The Kier molecular flexibility index (Phi) is 4.53. The molecule has 14 unspecified atom stereocenters. The van der Waals surface area contributed by atoms with Gasteiger partial charge in [0.05, 0.1) is 39.0 Å². The molecule has 75 heavy (non-hydrogen) atoms.